The lowest BCUT2D eigenvalue weighted by Gasteiger charge is -2.22. The van der Waals surface area contributed by atoms with Gasteiger partial charge in [0.2, 0.25) is 5.91 Å². The molecule has 2 atom stereocenters. The molecule has 1 saturated heterocycles. The Morgan fingerprint density at radius 2 is 1.79 bits per heavy atom. The monoisotopic (exact) mass is 332 g/mol. The van der Waals surface area contributed by atoms with Gasteiger partial charge < -0.3 is 20.4 Å². The number of nitrogens with zero attached hydrogens (tertiary/aromatic N) is 2. The number of carbonyl (C=O) groups excluding carboxylic acids is 2. The third-order valence-corrected chi connectivity index (χ3v) is 4.35. The highest BCUT2D eigenvalue weighted by Crippen LogP contribution is 2.23. The standard InChI is InChI=1S/C18H28N4O2/c1-13(19-18(24)20-14(2)17(23)21(3)4)15-8-7-9-16(12-15)22-10-5-6-11-22/h7-9,12-14H,5-6,10-11H2,1-4H3,(H2,19,20,24)/t13-,14-/m0/s1. The summed E-state index contributed by atoms with van der Waals surface area (Å²) in [5, 5.41) is 5.58. The number of hydrogen-bond acceptors (Lipinski definition) is 3. The Morgan fingerprint density at radius 3 is 2.42 bits per heavy atom. The summed E-state index contributed by atoms with van der Waals surface area (Å²) in [6, 6.07) is 7.26. The van der Waals surface area contributed by atoms with Crippen LogP contribution < -0.4 is 15.5 Å². The zero-order valence-electron chi connectivity index (χ0n) is 15.0. The van der Waals surface area contributed by atoms with E-state index in [0.29, 0.717) is 0 Å². The van der Waals surface area contributed by atoms with Gasteiger partial charge >= 0.3 is 6.03 Å². The Kier molecular flexibility index (Phi) is 6.06. The van der Waals surface area contributed by atoms with Gasteiger partial charge in [-0.05, 0) is 44.4 Å². The minimum Gasteiger partial charge on any atom is -0.372 e. The Hall–Kier alpha value is -2.24. The number of likely N-dealkylation sites (N-methyl/N-ethyl adjacent to an activating group) is 1. The third kappa shape index (κ3) is 4.63. The molecule has 0 bridgehead atoms. The molecule has 6 heteroatoms. The summed E-state index contributed by atoms with van der Waals surface area (Å²) in [7, 11) is 3.34. The molecule has 0 unspecified atom stereocenters. The first-order chi connectivity index (χ1) is 11.4. The fourth-order valence-electron chi connectivity index (χ4n) is 2.93. The van der Waals surface area contributed by atoms with Gasteiger partial charge in [0.15, 0.2) is 0 Å². The minimum absolute atomic E-state index is 0.130. The fraction of sp³-hybridized carbons (Fsp3) is 0.556. The van der Waals surface area contributed by atoms with Crippen molar-refractivity contribution in [3.05, 3.63) is 29.8 Å². The summed E-state index contributed by atoms with van der Waals surface area (Å²) in [5.41, 5.74) is 2.26. The molecule has 0 radical (unpaired) electrons. The molecule has 1 aliphatic rings. The lowest BCUT2D eigenvalue weighted by molar-refractivity contribution is -0.130. The van der Waals surface area contributed by atoms with E-state index in [1.54, 1.807) is 21.0 Å². The number of hydrogen-bond donors (Lipinski definition) is 2. The van der Waals surface area contributed by atoms with Crippen LogP contribution in [0.4, 0.5) is 10.5 Å². The van der Waals surface area contributed by atoms with Crippen LogP contribution in [-0.4, -0.2) is 50.1 Å². The summed E-state index contributed by atoms with van der Waals surface area (Å²) in [5.74, 6) is -0.131. The molecule has 2 rings (SSSR count). The van der Waals surface area contributed by atoms with Crippen molar-refractivity contribution in [2.45, 2.75) is 38.8 Å². The zero-order valence-corrected chi connectivity index (χ0v) is 15.0. The van der Waals surface area contributed by atoms with Crippen molar-refractivity contribution in [2.75, 3.05) is 32.1 Å². The molecular formula is C18H28N4O2. The number of benzene rings is 1. The molecule has 1 aromatic carbocycles. The maximum atomic E-state index is 12.1. The van der Waals surface area contributed by atoms with Crippen molar-refractivity contribution in [2.24, 2.45) is 0 Å². The van der Waals surface area contributed by atoms with Crippen LogP contribution in [0.3, 0.4) is 0 Å². The van der Waals surface area contributed by atoms with Crippen LogP contribution in [0.15, 0.2) is 24.3 Å². The molecule has 1 aliphatic heterocycles. The van der Waals surface area contributed by atoms with Crippen LogP contribution >= 0.6 is 0 Å². The van der Waals surface area contributed by atoms with E-state index in [1.807, 2.05) is 19.1 Å². The molecule has 3 amide bonds. The normalized spacial score (nSPS) is 16.4. The van der Waals surface area contributed by atoms with Crippen molar-refractivity contribution in [1.29, 1.82) is 0 Å². The molecule has 0 spiro atoms. The van der Waals surface area contributed by atoms with Gasteiger partial charge in [0.1, 0.15) is 6.04 Å². The number of anilines is 1. The van der Waals surface area contributed by atoms with Crippen molar-refractivity contribution < 1.29 is 9.59 Å². The summed E-state index contributed by atoms with van der Waals surface area (Å²) in [4.78, 5) is 27.7. The molecule has 24 heavy (non-hydrogen) atoms. The van der Waals surface area contributed by atoms with Gasteiger partial charge in [0.25, 0.3) is 0 Å². The molecule has 1 fully saturated rings. The van der Waals surface area contributed by atoms with Crippen LogP contribution in [0.2, 0.25) is 0 Å². The summed E-state index contributed by atoms with van der Waals surface area (Å²) in [6.07, 6.45) is 2.47. The van der Waals surface area contributed by atoms with E-state index in [-0.39, 0.29) is 18.0 Å². The zero-order chi connectivity index (χ0) is 17.7. The molecule has 6 nitrogen and oxygen atoms in total. The predicted octanol–water partition coefficient (Wildman–Crippen LogP) is 2.12. The topological polar surface area (TPSA) is 64.7 Å². The molecule has 1 aromatic rings. The quantitative estimate of drug-likeness (QED) is 0.868. The third-order valence-electron chi connectivity index (χ3n) is 4.35. The number of carbonyl (C=O) groups is 2. The van der Waals surface area contributed by atoms with Crippen LogP contribution in [0.5, 0.6) is 0 Å². The molecule has 0 saturated carbocycles. The highest BCUT2D eigenvalue weighted by atomic mass is 16.2. The van der Waals surface area contributed by atoms with Gasteiger partial charge in [-0.15, -0.1) is 0 Å². The molecular weight excluding hydrogens is 304 g/mol. The van der Waals surface area contributed by atoms with Gasteiger partial charge in [-0.3, -0.25) is 4.79 Å². The highest BCUT2D eigenvalue weighted by molar-refractivity contribution is 5.86. The van der Waals surface area contributed by atoms with Crippen LogP contribution in [-0.2, 0) is 4.79 Å². The lowest BCUT2D eigenvalue weighted by Crippen LogP contribution is -2.48. The first kappa shape index (κ1) is 18.1. The summed E-state index contributed by atoms with van der Waals surface area (Å²) in [6.45, 7) is 5.81. The van der Waals surface area contributed by atoms with Gasteiger partial charge in [0.05, 0.1) is 6.04 Å². The maximum absolute atomic E-state index is 12.1. The van der Waals surface area contributed by atoms with E-state index in [2.05, 4.69) is 27.7 Å². The van der Waals surface area contributed by atoms with Gasteiger partial charge in [-0.25, -0.2) is 4.79 Å². The average molecular weight is 332 g/mol. The largest absolute Gasteiger partial charge is 0.372 e. The Bertz CT molecular complexity index is 582. The second kappa shape index (κ2) is 8.04. The van der Waals surface area contributed by atoms with Gasteiger partial charge in [0, 0.05) is 32.9 Å². The summed E-state index contributed by atoms with van der Waals surface area (Å²) >= 11 is 0. The lowest BCUT2D eigenvalue weighted by atomic mass is 10.1. The molecule has 132 valence electrons. The Morgan fingerprint density at radius 1 is 1.12 bits per heavy atom. The second-order valence-corrected chi connectivity index (χ2v) is 6.58. The van der Waals surface area contributed by atoms with Crippen molar-refractivity contribution in [3.8, 4) is 0 Å². The average Bonchev–Trinajstić information content (AvgIpc) is 3.08. The predicted molar refractivity (Wildman–Crippen MR) is 96.1 cm³/mol. The van der Waals surface area contributed by atoms with E-state index >= 15 is 0 Å². The van der Waals surface area contributed by atoms with Crippen molar-refractivity contribution >= 4 is 17.6 Å². The first-order valence-electron chi connectivity index (χ1n) is 8.51. The first-order valence-corrected chi connectivity index (χ1v) is 8.51. The van der Waals surface area contributed by atoms with E-state index < -0.39 is 6.04 Å². The molecule has 1 heterocycles. The van der Waals surface area contributed by atoms with E-state index in [9.17, 15) is 9.59 Å². The number of urea groups is 1. The summed E-state index contributed by atoms with van der Waals surface area (Å²) < 4.78 is 0. The van der Waals surface area contributed by atoms with Gasteiger partial charge in [-0.1, -0.05) is 12.1 Å². The molecule has 0 aliphatic carbocycles. The highest BCUT2D eigenvalue weighted by Gasteiger charge is 2.19. The SMILES string of the molecule is C[C@H](NC(=O)N[C@@H](C)c1cccc(N2CCCC2)c1)C(=O)N(C)C. The second-order valence-electron chi connectivity index (χ2n) is 6.58. The number of amides is 3. The number of nitrogens with one attached hydrogen (secondary N) is 2. The van der Waals surface area contributed by atoms with Crippen molar-refractivity contribution in [3.63, 3.8) is 0 Å². The Labute approximate surface area is 144 Å². The van der Waals surface area contributed by atoms with Crippen LogP contribution in [0.25, 0.3) is 0 Å². The van der Waals surface area contributed by atoms with E-state index in [0.717, 1.165) is 18.7 Å². The minimum atomic E-state index is -0.553. The van der Waals surface area contributed by atoms with E-state index in [4.69, 9.17) is 0 Å². The van der Waals surface area contributed by atoms with Crippen molar-refractivity contribution in [1.82, 2.24) is 15.5 Å². The fourth-order valence-corrected chi connectivity index (χ4v) is 2.93. The Balaban J connectivity index is 1.94. The van der Waals surface area contributed by atoms with Crippen LogP contribution in [0.1, 0.15) is 38.3 Å². The molecule has 2 N–H and O–H groups in total. The maximum Gasteiger partial charge on any atom is 0.315 e. The molecule has 0 aromatic heterocycles. The van der Waals surface area contributed by atoms with Crippen LogP contribution in [0, 0.1) is 0 Å². The smallest absolute Gasteiger partial charge is 0.315 e. The van der Waals surface area contributed by atoms with E-state index in [1.165, 1.54) is 23.4 Å². The van der Waals surface area contributed by atoms with Gasteiger partial charge in [-0.2, -0.15) is 0 Å². The number of rotatable bonds is 5.